The van der Waals surface area contributed by atoms with Crippen LogP contribution < -0.4 is 5.26 Å². The zero-order valence-corrected chi connectivity index (χ0v) is 12.6. The molecule has 4 saturated carbocycles. The van der Waals surface area contributed by atoms with Gasteiger partial charge in [0.05, 0.1) is 11.2 Å². The number of alkyl halides is 2. The zero-order valence-electron chi connectivity index (χ0n) is 11.8. The number of hydrogen-bond donors (Lipinski definition) is 1. The summed E-state index contributed by atoms with van der Waals surface area (Å²) in [6.45, 7) is -0.780. The second kappa shape index (κ2) is 5.64. The van der Waals surface area contributed by atoms with Crippen molar-refractivity contribution in [1.82, 2.24) is 0 Å². The molecule has 4 bridgehead atoms. The van der Waals surface area contributed by atoms with Gasteiger partial charge in [0, 0.05) is 6.42 Å². The number of halogens is 2. The quantitative estimate of drug-likeness (QED) is 0.422. The van der Waals surface area contributed by atoms with Crippen molar-refractivity contribution in [1.29, 1.82) is 0 Å². The van der Waals surface area contributed by atoms with Crippen LogP contribution in [0.3, 0.4) is 0 Å². The summed E-state index contributed by atoms with van der Waals surface area (Å²) in [5, 5.41) is 19.0. The summed E-state index contributed by atoms with van der Waals surface area (Å²) >= 11 is -0.644. The molecule has 0 amide bonds. The van der Waals surface area contributed by atoms with E-state index < -0.39 is 40.9 Å². The van der Waals surface area contributed by atoms with E-state index in [1.54, 1.807) is 0 Å². The van der Waals surface area contributed by atoms with Crippen LogP contribution in [0.25, 0.3) is 0 Å². The molecule has 0 saturated heterocycles. The van der Waals surface area contributed by atoms with Gasteiger partial charge in [-0.05, 0) is 43.9 Å². The highest BCUT2D eigenvalue weighted by Crippen LogP contribution is 2.58. The van der Waals surface area contributed by atoms with Crippen LogP contribution in [-0.4, -0.2) is 34.0 Å². The van der Waals surface area contributed by atoms with E-state index in [0.29, 0.717) is 31.1 Å². The van der Waals surface area contributed by atoms with E-state index in [1.165, 1.54) is 0 Å². The van der Waals surface area contributed by atoms with Gasteiger partial charge in [0.1, 0.15) is 18.6 Å². The second-order valence-electron chi connectivity index (χ2n) is 6.82. The molecule has 4 fully saturated rings. The lowest BCUT2D eigenvalue weighted by Crippen LogP contribution is -2.60. The van der Waals surface area contributed by atoms with Gasteiger partial charge in [-0.25, -0.2) is 0 Å². The summed E-state index contributed by atoms with van der Waals surface area (Å²) in [5.74, 6) is -0.834. The molecule has 1 N–H and O–H groups in total. The minimum atomic E-state index is -3.91. The number of rotatable bonds is 7. The third-order valence-electron chi connectivity index (χ3n) is 4.98. The molecule has 0 aromatic heterocycles. The van der Waals surface area contributed by atoms with Gasteiger partial charge in [-0.2, -0.15) is 13.1 Å². The number of Topliss-reactive ketones (excluding diaryl/α,β-unsaturated/α-hetero) is 1. The first-order chi connectivity index (χ1) is 10.3. The Morgan fingerprint density at radius 3 is 2.50 bits per heavy atom. The molecular formula is C13H17F2O6S-. The molecule has 22 heavy (non-hydrogen) atoms. The highest BCUT2D eigenvalue weighted by atomic mass is 32.2. The van der Waals surface area contributed by atoms with E-state index in [-0.39, 0.29) is 0 Å². The number of ketones is 1. The Morgan fingerprint density at radius 2 is 1.95 bits per heavy atom. The fourth-order valence-corrected chi connectivity index (χ4v) is 4.97. The summed E-state index contributed by atoms with van der Waals surface area (Å²) in [7, 11) is 0. The molecule has 2 atom stereocenters. The molecule has 0 heterocycles. The molecule has 9 heteroatoms. The van der Waals surface area contributed by atoms with E-state index in [4.69, 9.17) is 4.74 Å². The van der Waals surface area contributed by atoms with Crippen LogP contribution in [0.15, 0.2) is 0 Å². The summed E-state index contributed by atoms with van der Waals surface area (Å²) in [5.41, 5.74) is -1.48. The highest BCUT2D eigenvalue weighted by molar-refractivity contribution is 7.96. The fraction of sp³-hybridized carbons (Fsp3) is 0.923. The van der Waals surface area contributed by atoms with E-state index in [9.17, 15) is 23.9 Å². The van der Waals surface area contributed by atoms with Gasteiger partial charge in [0.15, 0.2) is 0 Å². The minimum absolute atomic E-state index is 0.327. The number of aliphatic hydroxyl groups is 1. The monoisotopic (exact) mass is 339 g/mol. The van der Waals surface area contributed by atoms with Crippen molar-refractivity contribution >= 4 is 17.8 Å². The third-order valence-corrected chi connectivity index (χ3v) is 5.54. The highest BCUT2D eigenvalue weighted by Gasteiger charge is 2.58. The van der Waals surface area contributed by atoms with Crippen LogP contribution in [0.4, 0.5) is 8.78 Å². The van der Waals surface area contributed by atoms with E-state index in [2.05, 4.69) is 9.37 Å². The third kappa shape index (κ3) is 3.15. The maximum atomic E-state index is 13.4. The van der Waals surface area contributed by atoms with Gasteiger partial charge < -0.3 is 15.1 Å². The average molecular weight is 339 g/mol. The largest absolute Gasteiger partial charge is 0.691 e. The smallest absolute Gasteiger partial charge is 0.380 e. The first kappa shape index (κ1) is 16.5. The predicted molar refractivity (Wildman–Crippen MR) is 68.0 cm³/mol. The van der Waals surface area contributed by atoms with Crippen LogP contribution in [0.1, 0.15) is 38.5 Å². The molecule has 4 aliphatic carbocycles. The lowest BCUT2D eigenvalue weighted by molar-refractivity contribution is -0.777. The van der Waals surface area contributed by atoms with E-state index in [0.717, 1.165) is 19.3 Å². The Kier molecular flexibility index (Phi) is 4.24. The van der Waals surface area contributed by atoms with Gasteiger partial charge in [-0.15, -0.1) is 0 Å². The Balaban J connectivity index is 1.60. The summed E-state index contributed by atoms with van der Waals surface area (Å²) in [6, 6.07) is 0. The Morgan fingerprint density at radius 1 is 1.32 bits per heavy atom. The Labute approximate surface area is 130 Å². The van der Waals surface area contributed by atoms with Crippen LogP contribution in [0.2, 0.25) is 0 Å². The van der Waals surface area contributed by atoms with Gasteiger partial charge in [-0.3, -0.25) is 9.83 Å². The predicted octanol–water partition coefficient (Wildman–Crippen LogP) is 1.12. The number of ether oxygens (including phenoxy) is 1. The van der Waals surface area contributed by atoms with Gasteiger partial charge in [0.2, 0.25) is 5.78 Å². The van der Waals surface area contributed by atoms with Crippen molar-refractivity contribution in [2.75, 3.05) is 6.61 Å². The zero-order chi connectivity index (χ0) is 16.0. The summed E-state index contributed by atoms with van der Waals surface area (Å²) in [4.78, 5) is 11.5. The molecule has 0 aromatic carbocycles. The standard InChI is InChI=1S/C13H18F2O6S/c14-13(15,22-21-20-18)10(16)6-19-12-4-8-1-9(5-12)3-11(17,2-8)7-12/h8-9,17-18H,1-7H2/p-1. The second-order valence-corrected chi connectivity index (χ2v) is 7.63. The van der Waals surface area contributed by atoms with Crippen molar-refractivity contribution in [3.63, 3.8) is 0 Å². The first-order valence-corrected chi connectivity index (χ1v) is 7.92. The molecule has 0 aromatic rings. The normalized spacial score (nSPS) is 40.2. The molecule has 4 rings (SSSR count). The van der Waals surface area contributed by atoms with E-state index in [1.807, 2.05) is 0 Å². The summed E-state index contributed by atoms with van der Waals surface area (Å²) < 4.78 is 35.8. The van der Waals surface area contributed by atoms with Crippen LogP contribution in [0.5, 0.6) is 0 Å². The topological polar surface area (TPSA) is 88.1 Å². The SMILES string of the molecule is O=C(COC12CC3CC(CC(O)(C3)C1)C2)C(F)(F)SOO[O-]. The maximum absolute atomic E-state index is 13.4. The molecule has 6 nitrogen and oxygen atoms in total. The Bertz CT molecular complexity index is 446. The number of carbonyl (C=O) groups excluding carboxylic acids is 1. The van der Waals surface area contributed by atoms with Gasteiger partial charge >= 0.3 is 5.25 Å². The maximum Gasteiger partial charge on any atom is 0.380 e. The molecule has 0 spiro atoms. The minimum Gasteiger partial charge on any atom is -0.691 e. The van der Waals surface area contributed by atoms with Crippen molar-refractivity contribution < 1.29 is 38.0 Å². The lowest BCUT2D eigenvalue weighted by Gasteiger charge is -2.59. The Hall–Kier alpha value is -0.320. The molecule has 4 aliphatic rings. The lowest BCUT2D eigenvalue weighted by atomic mass is 9.52. The first-order valence-electron chi connectivity index (χ1n) is 7.18. The summed E-state index contributed by atoms with van der Waals surface area (Å²) in [6.07, 6.45) is 4.25. The molecule has 2 unspecified atom stereocenters. The van der Waals surface area contributed by atoms with Crippen molar-refractivity contribution in [3.8, 4) is 0 Å². The van der Waals surface area contributed by atoms with Crippen LogP contribution in [-0.2, 0) is 18.9 Å². The molecular weight excluding hydrogens is 322 g/mol. The fourth-order valence-electron chi connectivity index (χ4n) is 4.71. The molecule has 0 radical (unpaired) electrons. The average Bonchev–Trinajstić information content (AvgIpc) is 2.40. The van der Waals surface area contributed by atoms with Crippen molar-refractivity contribution in [2.24, 2.45) is 11.8 Å². The number of hydrogen-bond acceptors (Lipinski definition) is 7. The van der Waals surface area contributed by atoms with Crippen LogP contribution >= 0.6 is 12.0 Å². The molecule has 0 aliphatic heterocycles. The number of carbonyl (C=O) groups is 1. The van der Waals surface area contributed by atoms with Crippen molar-refractivity contribution in [3.05, 3.63) is 0 Å². The van der Waals surface area contributed by atoms with Crippen LogP contribution in [0, 0.1) is 11.8 Å². The van der Waals surface area contributed by atoms with E-state index >= 15 is 0 Å². The van der Waals surface area contributed by atoms with Gasteiger partial charge in [-0.1, -0.05) is 0 Å². The molecule has 126 valence electrons. The van der Waals surface area contributed by atoms with Crippen molar-refractivity contribution in [2.45, 2.75) is 55.0 Å². The van der Waals surface area contributed by atoms with Gasteiger partial charge in [0.25, 0.3) is 0 Å².